The van der Waals surface area contributed by atoms with Crippen molar-refractivity contribution in [1.82, 2.24) is 9.55 Å². The first kappa shape index (κ1) is 15.6. The monoisotopic (exact) mass is 326 g/mol. The van der Waals surface area contributed by atoms with E-state index in [9.17, 15) is 0 Å². The number of nitrogens with zero attached hydrogens (tertiary/aromatic N) is 2. The lowest BCUT2D eigenvalue weighted by atomic mass is 10.1. The first-order chi connectivity index (χ1) is 11.3. The van der Waals surface area contributed by atoms with Crippen molar-refractivity contribution < 1.29 is 9.84 Å². The zero-order valence-electron chi connectivity index (χ0n) is 12.8. The van der Waals surface area contributed by atoms with Crippen LogP contribution in [0.1, 0.15) is 0 Å². The van der Waals surface area contributed by atoms with Gasteiger partial charge in [0, 0.05) is 11.3 Å². The van der Waals surface area contributed by atoms with Gasteiger partial charge in [-0.1, -0.05) is 54.2 Å². The van der Waals surface area contributed by atoms with Crippen molar-refractivity contribution >= 4 is 11.8 Å². The number of methoxy groups -OCH3 is 1. The molecule has 0 bridgehead atoms. The molecule has 118 valence electrons. The summed E-state index contributed by atoms with van der Waals surface area (Å²) in [6, 6.07) is 18.0. The van der Waals surface area contributed by atoms with Crippen molar-refractivity contribution in [2.75, 3.05) is 19.5 Å². The van der Waals surface area contributed by atoms with Crippen LogP contribution in [0, 0.1) is 0 Å². The molecule has 0 saturated heterocycles. The van der Waals surface area contributed by atoms with Gasteiger partial charge in [-0.15, -0.1) is 0 Å². The molecule has 2 aromatic carbocycles. The highest BCUT2D eigenvalue weighted by Crippen LogP contribution is 2.33. The number of ether oxygens (including phenoxy) is 1. The Labute approximate surface area is 139 Å². The third kappa shape index (κ3) is 3.25. The van der Waals surface area contributed by atoms with Crippen LogP contribution >= 0.6 is 11.8 Å². The lowest BCUT2D eigenvalue weighted by Crippen LogP contribution is -2.02. The van der Waals surface area contributed by atoms with Crippen molar-refractivity contribution in [2.24, 2.45) is 0 Å². The summed E-state index contributed by atoms with van der Waals surface area (Å²) < 4.78 is 7.59. The van der Waals surface area contributed by atoms with Crippen LogP contribution in [-0.4, -0.2) is 34.1 Å². The summed E-state index contributed by atoms with van der Waals surface area (Å²) >= 11 is 1.52. The average molecular weight is 326 g/mol. The molecule has 0 saturated carbocycles. The van der Waals surface area contributed by atoms with Gasteiger partial charge in [0.05, 0.1) is 31.3 Å². The number of aliphatic hydroxyl groups is 1. The number of aliphatic hydroxyl groups excluding tert-OH is 1. The van der Waals surface area contributed by atoms with Crippen LogP contribution in [0.15, 0.2) is 66.0 Å². The van der Waals surface area contributed by atoms with Gasteiger partial charge >= 0.3 is 0 Å². The Kier molecular flexibility index (Phi) is 5.00. The molecule has 4 nitrogen and oxygen atoms in total. The first-order valence-corrected chi connectivity index (χ1v) is 8.34. The molecule has 5 heteroatoms. The summed E-state index contributed by atoms with van der Waals surface area (Å²) in [4.78, 5) is 4.54. The van der Waals surface area contributed by atoms with Crippen molar-refractivity contribution in [2.45, 2.75) is 5.16 Å². The van der Waals surface area contributed by atoms with Crippen LogP contribution in [0.2, 0.25) is 0 Å². The van der Waals surface area contributed by atoms with Gasteiger partial charge in [0.2, 0.25) is 0 Å². The van der Waals surface area contributed by atoms with E-state index in [1.807, 2.05) is 48.7 Å². The molecular formula is C18H18N2O2S. The molecule has 3 aromatic rings. The van der Waals surface area contributed by atoms with Crippen LogP contribution in [0.4, 0.5) is 0 Å². The standard InChI is InChI=1S/C18H18N2O2S/c1-22-17-10-6-5-9-15(17)20-16(14-7-3-2-4-8-14)13-19-18(20)23-12-11-21/h2-10,13,21H,11-12H2,1H3. The Morgan fingerprint density at radius 1 is 1.09 bits per heavy atom. The molecule has 1 aromatic heterocycles. The zero-order chi connectivity index (χ0) is 16.1. The predicted molar refractivity (Wildman–Crippen MR) is 93.4 cm³/mol. The Morgan fingerprint density at radius 2 is 1.83 bits per heavy atom. The lowest BCUT2D eigenvalue weighted by Gasteiger charge is -2.15. The van der Waals surface area contributed by atoms with Crippen LogP contribution in [0.3, 0.4) is 0 Å². The summed E-state index contributed by atoms with van der Waals surface area (Å²) in [5.74, 6) is 1.38. The molecule has 0 aliphatic carbocycles. The molecule has 1 N–H and O–H groups in total. The normalized spacial score (nSPS) is 10.7. The van der Waals surface area contributed by atoms with Gasteiger partial charge in [-0.25, -0.2) is 4.98 Å². The molecule has 1 heterocycles. The highest BCUT2D eigenvalue weighted by molar-refractivity contribution is 7.99. The average Bonchev–Trinajstić information content (AvgIpc) is 3.04. The second-order valence-corrected chi connectivity index (χ2v) is 5.93. The van der Waals surface area contributed by atoms with E-state index < -0.39 is 0 Å². The number of thioether (sulfide) groups is 1. The van der Waals surface area contributed by atoms with Gasteiger partial charge < -0.3 is 9.84 Å². The smallest absolute Gasteiger partial charge is 0.173 e. The topological polar surface area (TPSA) is 47.3 Å². The van der Waals surface area contributed by atoms with Crippen LogP contribution < -0.4 is 4.74 Å². The summed E-state index contributed by atoms with van der Waals surface area (Å²) in [6.45, 7) is 0.115. The number of benzene rings is 2. The van der Waals surface area contributed by atoms with Gasteiger partial charge in [-0.2, -0.15) is 0 Å². The fourth-order valence-electron chi connectivity index (χ4n) is 2.43. The number of para-hydroxylation sites is 2. The maximum absolute atomic E-state index is 9.13. The quantitative estimate of drug-likeness (QED) is 0.703. The number of rotatable bonds is 6. The Morgan fingerprint density at radius 3 is 2.57 bits per heavy atom. The molecule has 3 rings (SSSR count). The van der Waals surface area contributed by atoms with E-state index in [4.69, 9.17) is 9.84 Å². The molecule has 23 heavy (non-hydrogen) atoms. The van der Waals surface area contributed by atoms with E-state index in [1.54, 1.807) is 7.11 Å². The van der Waals surface area contributed by atoms with Gasteiger partial charge in [0.1, 0.15) is 5.75 Å². The van der Waals surface area contributed by atoms with Gasteiger partial charge in [-0.3, -0.25) is 4.57 Å². The molecule has 0 aliphatic heterocycles. The van der Waals surface area contributed by atoms with Crippen molar-refractivity contribution in [3.05, 3.63) is 60.8 Å². The van der Waals surface area contributed by atoms with Crippen molar-refractivity contribution in [1.29, 1.82) is 0 Å². The second kappa shape index (κ2) is 7.35. The SMILES string of the molecule is COc1ccccc1-n1c(-c2ccccc2)cnc1SCCO. The highest BCUT2D eigenvalue weighted by atomic mass is 32.2. The van der Waals surface area contributed by atoms with E-state index in [1.165, 1.54) is 11.8 Å². The van der Waals surface area contributed by atoms with E-state index in [-0.39, 0.29) is 6.61 Å². The summed E-state index contributed by atoms with van der Waals surface area (Å²) in [6.07, 6.45) is 1.86. The molecule has 0 radical (unpaired) electrons. The predicted octanol–water partition coefficient (Wildman–Crippen LogP) is 3.63. The first-order valence-electron chi connectivity index (χ1n) is 7.35. The Hall–Kier alpha value is -2.24. The van der Waals surface area contributed by atoms with Crippen LogP contribution in [-0.2, 0) is 0 Å². The number of imidazole rings is 1. The fourth-order valence-corrected chi connectivity index (χ4v) is 3.16. The number of hydrogen-bond acceptors (Lipinski definition) is 4. The largest absolute Gasteiger partial charge is 0.495 e. The van der Waals surface area contributed by atoms with Crippen LogP contribution in [0.5, 0.6) is 5.75 Å². The molecule has 0 unspecified atom stereocenters. The number of aromatic nitrogens is 2. The molecular weight excluding hydrogens is 308 g/mol. The summed E-state index contributed by atoms with van der Waals surface area (Å²) in [7, 11) is 1.67. The third-order valence-corrected chi connectivity index (χ3v) is 4.38. The number of hydrogen-bond donors (Lipinski definition) is 1. The van der Waals surface area contributed by atoms with Gasteiger partial charge in [0.15, 0.2) is 5.16 Å². The lowest BCUT2D eigenvalue weighted by molar-refractivity contribution is 0.322. The van der Waals surface area contributed by atoms with Gasteiger partial charge in [0.25, 0.3) is 0 Å². The summed E-state index contributed by atoms with van der Waals surface area (Å²) in [5, 5.41) is 9.97. The molecule has 0 atom stereocenters. The Bertz CT molecular complexity index is 772. The fraction of sp³-hybridized carbons (Fsp3) is 0.167. The maximum atomic E-state index is 9.13. The Balaban J connectivity index is 2.17. The van der Waals surface area contributed by atoms with Crippen LogP contribution in [0.25, 0.3) is 16.9 Å². The minimum Gasteiger partial charge on any atom is -0.495 e. The van der Waals surface area contributed by atoms with E-state index in [2.05, 4.69) is 21.7 Å². The molecule has 0 spiro atoms. The molecule has 0 amide bonds. The van der Waals surface area contributed by atoms with E-state index in [0.29, 0.717) is 5.75 Å². The third-order valence-electron chi connectivity index (χ3n) is 3.45. The second-order valence-electron chi connectivity index (χ2n) is 4.87. The molecule has 0 fully saturated rings. The zero-order valence-corrected chi connectivity index (χ0v) is 13.7. The van der Waals surface area contributed by atoms with E-state index in [0.717, 1.165) is 27.9 Å². The van der Waals surface area contributed by atoms with Gasteiger partial charge in [-0.05, 0) is 12.1 Å². The summed E-state index contributed by atoms with van der Waals surface area (Å²) in [5.41, 5.74) is 3.02. The minimum atomic E-state index is 0.115. The molecule has 0 aliphatic rings. The maximum Gasteiger partial charge on any atom is 0.173 e. The van der Waals surface area contributed by atoms with E-state index >= 15 is 0 Å². The minimum absolute atomic E-state index is 0.115. The highest BCUT2D eigenvalue weighted by Gasteiger charge is 2.16. The van der Waals surface area contributed by atoms with Crippen molar-refractivity contribution in [3.63, 3.8) is 0 Å². The van der Waals surface area contributed by atoms with Crippen molar-refractivity contribution in [3.8, 4) is 22.7 Å².